The monoisotopic (exact) mass is 682 g/mol. The van der Waals surface area contributed by atoms with Gasteiger partial charge in [-0.25, -0.2) is 24.1 Å². The fraction of sp³-hybridized carbons (Fsp3) is 0.476. The zero-order valence-electron chi connectivity index (χ0n) is 22.7. The van der Waals surface area contributed by atoms with Gasteiger partial charge in [0.15, 0.2) is 36.2 Å². The summed E-state index contributed by atoms with van der Waals surface area (Å²) in [5.74, 6) is -0.714. The van der Waals surface area contributed by atoms with Gasteiger partial charge in [0.05, 0.1) is 19.5 Å². The van der Waals surface area contributed by atoms with Gasteiger partial charge in [0.1, 0.15) is 47.9 Å². The quantitative estimate of drug-likeness (QED) is 0.0709. The number of phosphoric ester groups is 2. The van der Waals surface area contributed by atoms with Gasteiger partial charge in [-0.15, -0.1) is 0 Å². The first-order chi connectivity index (χ1) is 20.7. The summed E-state index contributed by atoms with van der Waals surface area (Å²) < 4.78 is 52.0. The number of rotatable bonds is 11. The number of hydrogen-bond donors (Lipinski definition) is 8. The Labute approximate surface area is 251 Å². The van der Waals surface area contributed by atoms with E-state index in [1.807, 2.05) is 0 Å². The number of ether oxygens (including phenoxy) is 2. The number of aliphatic hydroxyl groups excluding tert-OH is 4. The van der Waals surface area contributed by atoms with Crippen molar-refractivity contribution in [2.24, 2.45) is 5.73 Å². The molecule has 2 fully saturated rings. The summed E-state index contributed by atoms with van der Waals surface area (Å²) in [6, 6.07) is 2.83. The third kappa shape index (κ3) is 7.35. The molecule has 22 nitrogen and oxygen atoms in total. The lowest BCUT2D eigenvalue weighted by Gasteiger charge is -2.20. The van der Waals surface area contributed by atoms with Crippen LogP contribution in [0.2, 0.25) is 0 Å². The van der Waals surface area contributed by atoms with E-state index in [9.17, 15) is 44.1 Å². The second-order valence-electron chi connectivity index (χ2n) is 9.69. The topological polar surface area (TPSA) is 350 Å². The molecule has 10 atom stereocenters. The minimum atomic E-state index is -5.37. The summed E-state index contributed by atoms with van der Waals surface area (Å²) in [6.45, 7) is -1.80. The number of imidazole rings is 1. The molecule has 2 aliphatic heterocycles. The molecule has 0 aliphatic carbocycles. The standard InChI is InChI=1S/C21H27N7O14P2.H2O/c22-17-12-19(25-7-24-17)28(8-26-12)21-16(32)14(30)11(41-21)6-39-44(36,37)42-43(34,35)38-5-10-13(29)15(31)20(40-10)27-3-1-2-9(4-27)18(23)33;/h1-4,7-8,10-11,13-16,20-21,29-32H,5-6H2,(H5-,22,23,24,25,33,34,35,36,37);1H2/p+1/t10-,11+,13-,14+,15-,16+,20-,21+;/m0./s1. The van der Waals surface area contributed by atoms with Gasteiger partial charge in [0.2, 0.25) is 0 Å². The van der Waals surface area contributed by atoms with Gasteiger partial charge in [-0.3, -0.25) is 18.4 Å². The lowest BCUT2D eigenvalue weighted by Crippen LogP contribution is -2.46. The molecule has 24 heteroatoms. The molecule has 5 rings (SSSR count). The Hall–Kier alpha value is -3.05. The van der Waals surface area contributed by atoms with Crippen LogP contribution in [0.15, 0.2) is 37.2 Å². The van der Waals surface area contributed by atoms with Gasteiger partial charge in [0, 0.05) is 6.07 Å². The van der Waals surface area contributed by atoms with Crippen molar-refractivity contribution in [3.8, 4) is 0 Å². The highest BCUT2D eigenvalue weighted by molar-refractivity contribution is 7.61. The molecule has 12 N–H and O–H groups in total. The number of primary amides is 1. The molecule has 3 aromatic heterocycles. The number of hydrogen-bond acceptors (Lipinski definition) is 16. The normalized spacial score (nSPS) is 30.9. The van der Waals surface area contributed by atoms with Gasteiger partial charge < -0.3 is 56.6 Å². The summed E-state index contributed by atoms with van der Waals surface area (Å²) in [6.07, 6.45) is -6.85. The van der Waals surface area contributed by atoms with E-state index in [0.717, 1.165) is 6.33 Å². The summed E-state index contributed by atoms with van der Waals surface area (Å²) in [5.41, 5.74) is 11.4. The Morgan fingerprint density at radius 1 is 0.978 bits per heavy atom. The smallest absolute Gasteiger partial charge is 0.412 e. The Morgan fingerprint density at radius 2 is 1.60 bits per heavy atom. The Kier molecular flexibility index (Phi) is 10.3. The number of amides is 1. The number of carbonyl (C=O) groups is 1. The number of phosphoric acid groups is 2. The summed E-state index contributed by atoms with van der Waals surface area (Å²) >= 11 is 0. The molecule has 45 heavy (non-hydrogen) atoms. The first kappa shape index (κ1) is 34.8. The highest BCUT2D eigenvalue weighted by atomic mass is 31.3. The highest BCUT2D eigenvalue weighted by Crippen LogP contribution is 2.60. The van der Waals surface area contributed by atoms with Crippen LogP contribution in [0.25, 0.3) is 11.2 Å². The highest BCUT2D eigenvalue weighted by Gasteiger charge is 2.50. The molecule has 0 bridgehead atoms. The molecule has 0 radical (unpaired) electrons. The third-order valence-electron chi connectivity index (χ3n) is 6.75. The molecule has 248 valence electrons. The van der Waals surface area contributed by atoms with E-state index in [1.54, 1.807) is 0 Å². The second-order valence-corrected chi connectivity index (χ2v) is 12.7. The maximum Gasteiger partial charge on any atom is 0.481 e. The van der Waals surface area contributed by atoms with E-state index in [-0.39, 0.29) is 28.0 Å². The van der Waals surface area contributed by atoms with Crippen molar-refractivity contribution in [3.05, 3.63) is 42.7 Å². The number of nitrogen functional groups attached to an aromatic ring is 1. The Bertz CT molecular complexity index is 1630. The molecule has 1 amide bonds. The van der Waals surface area contributed by atoms with Crippen LogP contribution in [-0.2, 0) is 32.0 Å². The fourth-order valence-corrected chi connectivity index (χ4v) is 6.67. The first-order valence-corrected chi connectivity index (χ1v) is 15.6. The third-order valence-corrected chi connectivity index (χ3v) is 9.35. The fourth-order valence-electron chi connectivity index (χ4n) is 4.58. The van der Waals surface area contributed by atoms with Crippen molar-refractivity contribution >= 4 is 38.5 Å². The van der Waals surface area contributed by atoms with E-state index in [1.165, 1.54) is 40.0 Å². The van der Waals surface area contributed by atoms with Crippen molar-refractivity contribution in [3.63, 3.8) is 0 Å². The van der Waals surface area contributed by atoms with E-state index in [0.29, 0.717) is 0 Å². The number of aromatic nitrogens is 5. The van der Waals surface area contributed by atoms with Crippen LogP contribution in [0.3, 0.4) is 0 Å². The molecule has 0 saturated carbocycles. The van der Waals surface area contributed by atoms with Crippen LogP contribution in [0.1, 0.15) is 22.8 Å². The molecule has 0 aromatic carbocycles. The largest absolute Gasteiger partial charge is 0.481 e. The molecule has 0 spiro atoms. The van der Waals surface area contributed by atoms with E-state index < -0.39 is 83.8 Å². The lowest BCUT2D eigenvalue weighted by molar-refractivity contribution is -0.765. The van der Waals surface area contributed by atoms with Crippen molar-refractivity contribution in [1.82, 2.24) is 19.5 Å². The van der Waals surface area contributed by atoms with Crippen molar-refractivity contribution < 1.29 is 77.0 Å². The Morgan fingerprint density at radius 3 is 2.24 bits per heavy atom. The molecule has 3 aromatic rings. The second kappa shape index (κ2) is 13.4. The molecule has 2 aliphatic rings. The molecular formula is C21H30N7O15P2+. The Balaban J connectivity index is 0.00000461. The van der Waals surface area contributed by atoms with Gasteiger partial charge in [-0.2, -0.15) is 8.88 Å². The minimum Gasteiger partial charge on any atom is -0.412 e. The number of nitrogens with zero attached hydrogens (tertiary/aromatic N) is 5. The first-order valence-electron chi connectivity index (χ1n) is 12.6. The number of anilines is 1. The predicted molar refractivity (Wildman–Crippen MR) is 143 cm³/mol. The van der Waals surface area contributed by atoms with Crippen molar-refractivity contribution in [2.45, 2.75) is 49.1 Å². The summed E-state index contributed by atoms with van der Waals surface area (Å²) in [4.78, 5) is 43.3. The average Bonchev–Trinajstić information content (AvgIpc) is 3.61. The predicted octanol–water partition coefficient (Wildman–Crippen LogP) is -3.84. The number of pyridine rings is 1. The van der Waals surface area contributed by atoms with Crippen molar-refractivity contribution in [1.29, 1.82) is 0 Å². The number of nitrogens with two attached hydrogens (primary N) is 2. The van der Waals surface area contributed by atoms with Gasteiger partial charge >= 0.3 is 15.6 Å². The van der Waals surface area contributed by atoms with Crippen LogP contribution in [0.5, 0.6) is 0 Å². The molecule has 5 heterocycles. The van der Waals surface area contributed by atoms with E-state index >= 15 is 0 Å². The van der Waals surface area contributed by atoms with E-state index in [4.69, 9.17) is 25.5 Å². The number of aliphatic hydroxyl groups is 4. The summed E-state index contributed by atoms with van der Waals surface area (Å²) in [7, 11) is -10.7. The van der Waals surface area contributed by atoms with Gasteiger partial charge in [-0.05, 0) is 6.07 Å². The van der Waals surface area contributed by atoms with Crippen molar-refractivity contribution in [2.75, 3.05) is 18.9 Å². The van der Waals surface area contributed by atoms with E-state index in [2.05, 4.69) is 23.8 Å². The van der Waals surface area contributed by atoms with Crippen LogP contribution in [0, 0.1) is 0 Å². The van der Waals surface area contributed by atoms with Gasteiger partial charge in [-0.1, -0.05) is 0 Å². The number of carbonyl (C=O) groups excluding carboxylic acids is 1. The molecule has 2 unspecified atom stereocenters. The van der Waals surface area contributed by atoms with Crippen LogP contribution >= 0.6 is 15.6 Å². The molecular weight excluding hydrogens is 652 g/mol. The summed E-state index contributed by atoms with van der Waals surface area (Å²) in [5, 5.41) is 41.6. The maximum atomic E-state index is 12.4. The zero-order chi connectivity index (χ0) is 32.0. The zero-order valence-corrected chi connectivity index (χ0v) is 24.5. The van der Waals surface area contributed by atoms with Crippen LogP contribution in [-0.4, -0.2) is 111 Å². The lowest BCUT2D eigenvalue weighted by atomic mass is 10.1. The minimum absolute atomic E-state index is 0. The average molecular weight is 682 g/mol. The van der Waals surface area contributed by atoms with Crippen LogP contribution in [0.4, 0.5) is 5.82 Å². The van der Waals surface area contributed by atoms with Gasteiger partial charge in [0.25, 0.3) is 12.1 Å². The molecule has 2 saturated heterocycles. The van der Waals surface area contributed by atoms with Crippen LogP contribution < -0.4 is 16.0 Å². The number of fused-ring (bicyclic) bond motifs is 1. The maximum absolute atomic E-state index is 12.4. The SMILES string of the molecule is NC(=O)c1ccc[n+]([C@H]2O[C@@H](COP(=O)(O)OP(=O)(O)OC[C@H]3O[C@@H](n4cnc5c(N)ncnc54)[C@H](O)[C@@H]3O)[C@H](O)[C@@H]2O)c1.O.